The van der Waals surface area contributed by atoms with Crippen molar-refractivity contribution in [1.82, 2.24) is 14.8 Å². The predicted molar refractivity (Wildman–Crippen MR) is 91.3 cm³/mol. The van der Waals surface area contributed by atoms with Gasteiger partial charge in [0.1, 0.15) is 5.15 Å². The lowest BCUT2D eigenvalue weighted by Gasteiger charge is -2.23. The first-order chi connectivity index (χ1) is 10.7. The van der Waals surface area contributed by atoms with Gasteiger partial charge in [-0.05, 0) is 38.3 Å². The van der Waals surface area contributed by atoms with Crippen LogP contribution in [0, 0.1) is 6.92 Å². The molecule has 6 heteroatoms. The Morgan fingerprint density at radius 3 is 2.59 bits per heavy atom. The maximum atomic E-state index is 6.49. The molecule has 4 nitrogen and oxygen atoms in total. The first-order valence-corrected chi connectivity index (χ1v) is 8.21. The van der Waals surface area contributed by atoms with Crippen molar-refractivity contribution in [3.8, 4) is 5.69 Å². The zero-order valence-electron chi connectivity index (χ0n) is 12.5. The number of para-hydroxylation sites is 1. The van der Waals surface area contributed by atoms with Crippen LogP contribution in [0.5, 0.6) is 0 Å². The van der Waals surface area contributed by atoms with E-state index in [1.54, 1.807) is 4.68 Å². The standard InChI is InChI=1S/C16H18Cl2N4/c1-12-13(11-19-21-9-5-2-6-10-21)16(18)22(20-12)15-8-4-3-7-14(15)17/h3-4,7-8,11H,2,5-6,9-10H2,1H3/b19-11+. The molecule has 0 bridgehead atoms. The lowest BCUT2D eigenvalue weighted by Crippen LogP contribution is -2.24. The summed E-state index contributed by atoms with van der Waals surface area (Å²) in [5.74, 6) is 0. The van der Waals surface area contributed by atoms with E-state index in [9.17, 15) is 0 Å². The molecule has 0 aliphatic carbocycles. The summed E-state index contributed by atoms with van der Waals surface area (Å²) in [4.78, 5) is 0. The lowest BCUT2D eigenvalue weighted by molar-refractivity contribution is 0.240. The van der Waals surface area contributed by atoms with E-state index in [2.05, 4.69) is 15.2 Å². The summed E-state index contributed by atoms with van der Waals surface area (Å²) >= 11 is 12.7. The molecule has 1 fully saturated rings. The van der Waals surface area contributed by atoms with Crippen molar-refractivity contribution in [2.45, 2.75) is 26.2 Å². The van der Waals surface area contributed by atoms with E-state index < -0.39 is 0 Å². The van der Waals surface area contributed by atoms with E-state index in [0.717, 1.165) is 30.0 Å². The van der Waals surface area contributed by atoms with E-state index in [0.29, 0.717) is 10.2 Å². The largest absolute Gasteiger partial charge is 0.297 e. The molecule has 0 amide bonds. The number of hydrazone groups is 1. The third-order valence-electron chi connectivity index (χ3n) is 3.81. The molecule has 0 radical (unpaired) electrons. The zero-order chi connectivity index (χ0) is 15.5. The number of nitrogens with zero attached hydrogens (tertiary/aromatic N) is 4. The van der Waals surface area contributed by atoms with Gasteiger partial charge in [0.2, 0.25) is 0 Å². The summed E-state index contributed by atoms with van der Waals surface area (Å²) in [6.45, 7) is 3.94. The Bertz CT molecular complexity index is 687. The van der Waals surface area contributed by atoms with Crippen molar-refractivity contribution < 1.29 is 0 Å². The number of piperidine rings is 1. The highest BCUT2D eigenvalue weighted by molar-refractivity contribution is 6.34. The Morgan fingerprint density at radius 1 is 1.14 bits per heavy atom. The van der Waals surface area contributed by atoms with Gasteiger partial charge in [0.25, 0.3) is 0 Å². The summed E-state index contributed by atoms with van der Waals surface area (Å²) in [5.41, 5.74) is 2.45. The van der Waals surface area contributed by atoms with Crippen molar-refractivity contribution in [1.29, 1.82) is 0 Å². The summed E-state index contributed by atoms with van der Waals surface area (Å²) in [6.07, 6.45) is 5.49. The van der Waals surface area contributed by atoms with Crippen LogP contribution in [0.1, 0.15) is 30.5 Å². The van der Waals surface area contributed by atoms with Crippen molar-refractivity contribution in [2.24, 2.45) is 5.10 Å². The second-order valence-corrected chi connectivity index (χ2v) is 6.18. The van der Waals surface area contributed by atoms with Gasteiger partial charge in [0.15, 0.2) is 0 Å². The molecule has 22 heavy (non-hydrogen) atoms. The number of aryl methyl sites for hydroxylation is 1. The minimum atomic E-state index is 0.534. The average molecular weight is 337 g/mol. The number of rotatable bonds is 3. The molecule has 0 N–H and O–H groups in total. The van der Waals surface area contributed by atoms with E-state index in [4.69, 9.17) is 23.2 Å². The van der Waals surface area contributed by atoms with Crippen LogP contribution >= 0.6 is 23.2 Å². The number of hydrogen-bond acceptors (Lipinski definition) is 3. The first kappa shape index (κ1) is 15.4. The van der Waals surface area contributed by atoms with Crippen LogP contribution in [0.15, 0.2) is 29.4 Å². The van der Waals surface area contributed by atoms with Crippen LogP contribution in [0.25, 0.3) is 5.69 Å². The quantitative estimate of drug-likeness (QED) is 0.782. The number of halogens is 2. The topological polar surface area (TPSA) is 33.4 Å². The normalized spacial score (nSPS) is 15.7. The number of hydrogen-bond donors (Lipinski definition) is 0. The maximum absolute atomic E-state index is 6.49. The van der Waals surface area contributed by atoms with Crippen LogP contribution in [0.4, 0.5) is 0 Å². The molecular formula is C16H18Cl2N4. The fourth-order valence-electron chi connectivity index (χ4n) is 2.57. The molecule has 1 aliphatic rings. The number of aromatic nitrogens is 2. The summed E-state index contributed by atoms with van der Waals surface area (Å²) < 4.78 is 1.66. The molecule has 0 unspecified atom stereocenters. The van der Waals surface area contributed by atoms with E-state index in [1.807, 2.05) is 37.4 Å². The van der Waals surface area contributed by atoms with Crippen LogP contribution in [0.3, 0.4) is 0 Å². The van der Waals surface area contributed by atoms with Crippen molar-refractivity contribution in [3.05, 3.63) is 45.7 Å². The minimum Gasteiger partial charge on any atom is -0.297 e. The van der Waals surface area contributed by atoms with Gasteiger partial charge in [-0.1, -0.05) is 35.3 Å². The van der Waals surface area contributed by atoms with Gasteiger partial charge in [-0.15, -0.1) is 0 Å². The molecule has 0 spiro atoms. The third kappa shape index (κ3) is 3.13. The highest BCUT2D eigenvalue weighted by Crippen LogP contribution is 2.26. The van der Waals surface area contributed by atoms with Gasteiger partial charge < -0.3 is 0 Å². The highest BCUT2D eigenvalue weighted by Gasteiger charge is 2.15. The van der Waals surface area contributed by atoms with Crippen LogP contribution in [0.2, 0.25) is 10.2 Å². The average Bonchev–Trinajstić information content (AvgIpc) is 2.81. The Hall–Kier alpha value is -1.52. The van der Waals surface area contributed by atoms with Crippen LogP contribution < -0.4 is 0 Å². The van der Waals surface area contributed by atoms with Gasteiger partial charge in [-0.3, -0.25) is 5.01 Å². The fourth-order valence-corrected chi connectivity index (χ4v) is 3.10. The van der Waals surface area contributed by atoms with E-state index >= 15 is 0 Å². The summed E-state index contributed by atoms with van der Waals surface area (Å²) in [6, 6.07) is 7.52. The van der Waals surface area contributed by atoms with Crippen molar-refractivity contribution in [3.63, 3.8) is 0 Å². The Labute approximate surface area is 140 Å². The molecule has 3 rings (SSSR count). The smallest absolute Gasteiger partial charge is 0.142 e. The molecule has 0 atom stereocenters. The molecule has 0 saturated carbocycles. The first-order valence-electron chi connectivity index (χ1n) is 7.46. The van der Waals surface area contributed by atoms with E-state index in [-0.39, 0.29) is 0 Å². The van der Waals surface area contributed by atoms with Crippen molar-refractivity contribution >= 4 is 29.4 Å². The molecule has 1 aromatic carbocycles. The number of benzene rings is 1. The second kappa shape index (κ2) is 6.71. The monoisotopic (exact) mass is 336 g/mol. The van der Waals surface area contributed by atoms with E-state index in [1.165, 1.54) is 19.3 Å². The molecule has 2 heterocycles. The van der Waals surface area contributed by atoms with Gasteiger partial charge in [0.05, 0.1) is 28.2 Å². The molecule has 116 valence electrons. The Kier molecular flexibility index (Phi) is 4.69. The molecule has 1 aliphatic heterocycles. The molecular weight excluding hydrogens is 319 g/mol. The van der Waals surface area contributed by atoms with Crippen molar-refractivity contribution in [2.75, 3.05) is 13.1 Å². The summed E-state index contributed by atoms with van der Waals surface area (Å²) in [5, 5.41) is 12.3. The summed E-state index contributed by atoms with van der Waals surface area (Å²) in [7, 11) is 0. The lowest BCUT2D eigenvalue weighted by atomic mass is 10.2. The second-order valence-electron chi connectivity index (χ2n) is 5.41. The maximum Gasteiger partial charge on any atom is 0.142 e. The van der Waals surface area contributed by atoms with Crippen LogP contribution in [-0.2, 0) is 0 Å². The highest BCUT2D eigenvalue weighted by atomic mass is 35.5. The molecule has 1 aromatic heterocycles. The predicted octanol–water partition coefficient (Wildman–Crippen LogP) is 4.31. The molecule has 2 aromatic rings. The minimum absolute atomic E-state index is 0.534. The van der Waals surface area contributed by atoms with Gasteiger partial charge in [0, 0.05) is 13.1 Å². The van der Waals surface area contributed by atoms with Gasteiger partial charge in [-0.2, -0.15) is 10.2 Å². The molecule has 1 saturated heterocycles. The van der Waals surface area contributed by atoms with Gasteiger partial charge in [-0.25, -0.2) is 4.68 Å². The Balaban J connectivity index is 1.90. The van der Waals surface area contributed by atoms with Crippen LogP contribution in [-0.4, -0.2) is 34.1 Å². The van der Waals surface area contributed by atoms with Gasteiger partial charge >= 0.3 is 0 Å². The third-order valence-corrected chi connectivity index (χ3v) is 4.49. The fraction of sp³-hybridized carbons (Fsp3) is 0.375. The zero-order valence-corrected chi connectivity index (χ0v) is 14.0. The SMILES string of the molecule is Cc1nn(-c2ccccc2Cl)c(Cl)c1/C=N/N1CCCCC1. The Morgan fingerprint density at radius 2 is 1.86 bits per heavy atom.